The molecule has 8 nitrogen and oxygen atoms in total. The molecule has 31 heavy (non-hydrogen) atoms. The number of hydrogen-bond acceptors (Lipinski definition) is 7. The van der Waals surface area contributed by atoms with Gasteiger partial charge in [0.1, 0.15) is 10.7 Å². The zero-order valence-electron chi connectivity index (χ0n) is 17.0. The lowest BCUT2D eigenvalue weighted by Crippen LogP contribution is -2.34. The van der Waals surface area contributed by atoms with Gasteiger partial charge in [0, 0.05) is 57.4 Å². The average molecular weight is 485 g/mol. The summed E-state index contributed by atoms with van der Waals surface area (Å²) in [6, 6.07) is 4.44. The van der Waals surface area contributed by atoms with E-state index in [-0.39, 0.29) is 16.9 Å². The zero-order valence-corrected chi connectivity index (χ0v) is 19.4. The summed E-state index contributed by atoms with van der Waals surface area (Å²) in [5.74, 6) is -0.724. The number of aryl methyl sites for hydroxylation is 1. The standard InChI is InChI=1S/C19H22ClFN6O2S2/c1-25-5-3-13(23-25)9-27-6-4-14(10-27)26(2)17-8-16(21)18(7-15(17)20)31(28,29)24-19-11-30-12-22-19/h3,5,7-8,11-12,14,24H,4,6,9-10H2,1-2H3. The minimum absolute atomic E-state index is 0.121. The lowest BCUT2D eigenvalue weighted by molar-refractivity contribution is 0.320. The van der Waals surface area contributed by atoms with Crippen molar-refractivity contribution in [3.8, 4) is 0 Å². The third-order valence-electron chi connectivity index (χ3n) is 5.29. The van der Waals surface area contributed by atoms with Gasteiger partial charge in [-0.1, -0.05) is 11.6 Å². The summed E-state index contributed by atoms with van der Waals surface area (Å²) < 4.78 is 44.0. The molecule has 0 aliphatic carbocycles. The molecule has 1 unspecified atom stereocenters. The van der Waals surface area contributed by atoms with E-state index in [1.807, 2.05) is 31.3 Å². The van der Waals surface area contributed by atoms with Gasteiger partial charge in [-0.15, -0.1) is 11.3 Å². The van der Waals surface area contributed by atoms with Crippen molar-refractivity contribution in [1.82, 2.24) is 19.7 Å². The van der Waals surface area contributed by atoms with Crippen LogP contribution in [-0.4, -0.2) is 54.3 Å². The van der Waals surface area contributed by atoms with E-state index < -0.39 is 20.7 Å². The van der Waals surface area contributed by atoms with E-state index >= 15 is 0 Å². The molecule has 0 amide bonds. The van der Waals surface area contributed by atoms with Crippen molar-refractivity contribution in [1.29, 1.82) is 0 Å². The number of likely N-dealkylation sites (tertiary alicyclic amines) is 1. The Morgan fingerprint density at radius 3 is 2.90 bits per heavy atom. The number of nitrogens with one attached hydrogen (secondary N) is 1. The van der Waals surface area contributed by atoms with E-state index in [4.69, 9.17) is 11.6 Å². The summed E-state index contributed by atoms with van der Waals surface area (Å²) in [7, 11) is -0.410. The molecular formula is C19H22ClFN6O2S2. The van der Waals surface area contributed by atoms with Gasteiger partial charge in [0.2, 0.25) is 0 Å². The van der Waals surface area contributed by atoms with Gasteiger partial charge in [0.25, 0.3) is 10.0 Å². The second kappa shape index (κ2) is 8.73. The van der Waals surface area contributed by atoms with E-state index in [2.05, 4.69) is 19.7 Å². The summed E-state index contributed by atoms with van der Waals surface area (Å²) in [5.41, 5.74) is 2.94. The van der Waals surface area contributed by atoms with Crippen molar-refractivity contribution in [3.05, 3.63) is 51.8 Å². The van der Waals surface area contributed by atoms with Crippen molar-refractivity contribution in [2.45, 2.75) is 23.9 Å². The van der Waals surface area contributed by atoms with Gasteiger partial charge in [-0.25, -0.2) is 17.8 Å². The molecule has 0 saturated carbocycles. The van der Waals surface area contributed by atoms with Crippen molar-refractivity contribution in [2.24, 2.45) is 7.05 Å². The minimum atomic E-state index is -4.14. The number of rotatable bonds is 7. The molecule has 1 atom stereocenters. The van der Waals surface area contributed by atoms with Crippen molar-refractivity contribution in [2.75, 3.05) is 29.8 Å². The SMILES string of the molecule is CN(c1cc(F)c(S(=O)(=O)Nc2cscn2)cc1Cl)C1CCN(Cc2ccn(C)n2)C1. The van der Waals surface area contributed by atoms with Gasteiger partial charge in [0.15, 0.2) is 5.82 Å². The third-order valence-corrected chi connectivity index (χ3v) is 7.55. The largest absolute Gasteiger partial charge is 0.369 e. The highest BCUT2D eigenvalue weighted by Gasteiger charge is 2.29. The van der Waals surface area contributed by atoms with Crippen LogP contribution < -0.4 is 9.62 Å². The van der Waals surface area contributed by atoms with Crippen LogP contribution in [0.25, 0.3) is 0 Å². The minimum Gasteiger partial charge on any atom is -0.369 e. The maximum atomic E-state index is 14.8. The number of anilines is 2. The molecule has 1 fully saturated rings. The molecule has 0 bridgehead atoms. The Balaban J connectivity index is 1.49. The highest BCUT2D eigenvalue weighted by molar-refractivity contribution is 7.92. The second-order valence-corrected chi connectivity index (χ2v) is 10.3. The first-order valence-electron chi connectivity index (χ1n) is 9.56. The Morgan fingerprint density at radius 1 is 1.42 bits per heavy atom. The summed E-state index contributed by atoms with van der Waals surface area (Å²) in [4.78, 5) is 7.55. The molecule has 1 saturated heterocycles. The molecule has 12 heteroatoms. The first kappa shape index (κ1) is 22.0. The summed E-state index contributed by atoms with van der Waals surface area (Å²) >= 11 is 7.62. The van der Waals surface area contributed by atoms with Crippen molar-refractivity contribution in [3.63, 3.8) is 0 Å². The van der Waals surface area contributed by atoms with E-state index in [1.165, 1.54) is 28.3 Å². The molecule has 0 radical (unpaired) electrons. The summed E-state index contributed by atoms with van der Waals surface area (Å²) in [6.45, 7) is 2.40. The third kappa shape index (κ3) is 4.84. The van der Waals surface area contributed by atoms with Crippen LogP contribution in [0.5, 0.6) is 0 Å². The fourth-order valence-corrected chi connectivity index (χ4v) is 5.70. The second-order valence-electron chi connectivity index (χ2n) is 7.48. The number of hydrogen-bond donors (Lipinski definition) is 1. The van der Waals surface area contributed by atoms with Crippen LogP contribution in [0.2, 0.25) is 5.02 Å². The Kier molecular flexibility index (Phi) is 6.20. The Morgan fingerprint density at radius 2 is 2.23 bits per heavy atom. The lowest BCUT2D eigenvalue weighted by Gasteiger charge is -2.28. The van der Waals surface area contributed by atoms with Gasteiger partial charge < -0.3 is 4.90 Å². The van der Waals surface area contributed by atoms with Crippen molar-refractivity contribution >= 4 is 44.5 Å². The molecule has 2 aromatic heterocycles. The van der Waals surface area contributed by atoms with Crippen molar-refractivity contribution < 1.29 is 12.8 Å². The highest BCUT2D eigenvalue weighted by atomic mass is 35.5. The lowest BCUT2D eigenvalue weighted by atomic mass is 10.2. The first-order valence-corrected chi connectivity index (χ1v) is 12.4. The zero-order chi connectivity index (χ0) is 22.2. The summed E-state index contributed by atoms with van der Waals surface area (Å²) in [5, 5.41) is 6.11. The molecule has 1 aliphatic heterocycles. The molecule has 0 spiro atoms. The Bertz CT molecular complexity index is 1170. The van der Waals surface area contributed by atoms with Gasteiger partial charge in [0.05, 0.1) is 21.9 Å². The molecule has 3 heterocycles. The van der Waals surface area contributed by atoms with E-state index in [0.29, 0.717) is 5.69 Å². The van der Waals surface area contributed by atoms with E-state index in [0.717, 1.165) is 37.8 Å². The Hall–Kier alpha value is -2.21. The predicted octanol–water partition coefficient (Wildman–Crippen LogP) is 3.18. The first-order chi connectivity index (χ1) is 14.7. The van der Waals surface area contributed by atoms with Gasteiger partial charge in [-0.2, -0.15) is 5.10 Å². The molecule has 3 aromatic rings. The maximum Gasteiger partial charge on any atom is 0.266 e. The van der Waals surface area contributed by atoms with Crippen LogP contribution in [0.1, 0.15) is 12.1 Å². The van der Waals surface area contributed by atoms with Gasteiger partial charge in [-0.3, -0.25) is 14.3 Å². The molecule has 1 N–H and O–H groups in total. The summed E-state index contributed by atoms with van der Waals surface area (Å²) in [6.07, 6.45) is 2.79. The molecule has 4 rings (SSSR count). The predicted molar refractivity (Wildman–Crippen MR) is 120 cm³/mol. The molecular weight excluding hydrogens is 463 g/mol. The number of nitrogens with zero attached hydrogens (tertiary/aromatic N) is 5. The Labute approximate surface area is 189 Å². The number of likely N-dealkylation sites (N-methyl/N-ethyl adjacent to an activating group) is 1. The topological polar surface area (TPSA) is 83.4 Å². The highest BCUT2D eigenvalue weighted by Crippen LogP contribution is 2.33. The molecule has 1 aromatic carbocycles. The number of sulfonamides is 1. The number of aromatic nitrogens is 3. The number of halogens is 2. The molecule has 166 valence electrons. The smallest absolute Gasteiger partial charge is 0.266 e. The van der Waals surface area contributed by atoms with Crippen LogP contribution in [0.15, 0.2) is 40.2 Å². The number of thiazole rings is 1. The van der Waals surface area contributed by atoms with E-state index in [9.17, 15) is 12.8 Å². The van der Waals surface area contributed by atoms with E-state index in [1.54, 1.807) is 4.68 Å². The fraction of sp³-hybridized carbons (Fsp3) is 0.368. The van der Waals surface area contributed by atoms with Crippen LogP contribution >= 0.6 is 22.9 Å². The molecule has 1 aliphatic rings. The van der Waals surface area contributed by atoms with Crippen LogP contribution in [0, 0.1) is 5.82 Å². The number of benzene rings is 1. The van der Waals surface area contributed by atoms with Gasteiger partial charge >= 0.3 is 0 Å². The normalized spacial score (nSPS) is 17.2. The van der Waals surface area contributed by atoms with Gasteiger partial charge in [-0.05, 0) is 18.6 Å². The van der Waals surface area contributed by atoms with Crippen LogP contribution in [0.4, 0.5) is 15.9 Å². The maximum absolute atomic E-state index is 14.8. The monoisotopic (exact) mass is 484 g/mol. The van der Waals surface area contributed by atoms with Crippen LogP contribution in [-0.2, 0) is 23.6 Å². The fourth-order valence-electron chi connectivity index (χ4n) is 3.70. The quantitative estimate of drug-likeness (QED) is 0.554. The average Bonchev–Trinajstić information content (AvgIpc) is 3.46. The van der Waals surface area contributed by atoms with Crippen LogP contribution in [0.3, 0.4) is 0 Å².